The summed E-state index contributed by atoms with van der Waals surface area (Å²) >= 11 is 5.79. The molecule has 0 aliphatic heterocycles. The predicted octanol–water partition coefficient (Wildman–Crippen LogP) is 4.46. The number of methoxy groups -OCH3 is 1. The Morgan fingerprint density at radius 1 is 1.22 bits per heavy atom. The van der Waals surface area contributed by atoms with Crippen LogP contribution in [0.15, 0.2) is 36.5 Å². The van der Waals surface area contributed by atoms with Gasteiger partial charge in [-0.1, -0.05) is 11.6 Å². The van der Waals surface area contributed by atoms with Crippen molar-refractivity contribution in [2.45, 2.75) is 19.2 Å². The second-order valence-corrected chi connectivity index (χ2v) is 5.62. The van der Waals surface area contributed by atoms with Crippen LogP contribution in [0.4, 0.5) is 13.2 Å². The number of ether oxygens (including phenoxy) is 4. The molecule has 27 heavy (non-hydrogen) atoms. The van der Waals surface area contributed by atoms with Crippen molar-refractivity contribution in [1.29, 1.82) is 0 Å². The lowest BCUT2D eigenvalue weighted by molar-refractivity contribution is -0.161. The highest BCUT2D eigenvalue weighted by Gasteiger charge is 2.31. The number of rotatable bonds is 7. The summed E-state index contributed by atoms with van der Waals surface area (Å²) in [5, 5.41) is -0.278. The van der Waals surface area contributed by atoms with E-state index in [0.717, 1.165) is 6.07 Å². The number of aromatic nitrogens is 1. The molecule has 0 saturated heterocycles. The maximum Gasteiger partial charge on any atom is 0.417 e. The lowest BCUT2D eigenvalue weighted by atomic mass is 10.3. The average Bonchev–Trinajstić information content (AvgIpc) is 2.62. The molecule has 146 valence electrons. The predicted molar refractivity (Wildman–Crippen MR) is 88.8 cm³/mol. The molecule has 0 radical (unpaired) electrons. The number of pyridine rings is 1. The fourth-order valence-electron chi connectivity index (χ4n) is 1.84. The number of hydrogen-bond acceptors (Lipinski definition) is 6. The van der Waals surface area contributed by atoms with Crippen molar-refractivity contribution in [3.8, 4) is 17.4 Å². The molecule has 0 aliphatic carbocycles. The van der Waals surface area contributed by atoms with Crippen LogP contribution in [0.5, 0.6) is 17.4 Å². The van der Waals surface area contributed by atoms with Gasteiger partial charge in [0.1, 0.15) is 16.5 Å². The minimum atomic E-state index is -4.55. The van der Waals surface area contributed by atoms with E-state index in [-0.39, 0.29) is 23.4 Å². The van der Waals surface area contributed by atoms with Crippen molar-refractivity contribution in [3.63, 3.8) is 0 Å². The van der Waals surface area contributed by atoms with Gasteiger partial charge in [-0.15, -0.1) is 0 Å². The summed E-state index contributed by atoms with van der Waals surface area (Å²) in [7, 11) is 1.38. The minimum Gasteiger partial charge on any atom is -0.479 e. The van der Waals surface area contributed by atoms with Crippen molar-refractivity contribution >= 4 is 17.6 Å². The van der Waals surface area contributed by atoms with Gasteiger partial charge in [-0.25, -0.2) is 9.78 Å². The fourth-order valence-corrected chi connectivity index (χ4v) is 2.04. The summed E-state index contributed by atoms with van der Waals surface area (Å²) in [5.41, 5.74) is -0.974. The first-order valence-electron chi connectivity index (χ1n) is 7.53. The molecule has 1 aromatic carbocycles. The van der Waals surface area contributed by atoms with Gasteiger partial charge in [0, 0.05) is 13.3 Å². The molecule has 0 amide bonds. The van der Waals surface area contributed by atoms with Crippen LogP contribution >= 0.6 is 11.6 Å². The molecular weight excluding hydrogens is 391 g/mol. The van der Waals surface area contributed by atoms with E-state index in [1.807, 2.05) is 0 Å². The van der Waals surface area contributed by atoms with Crippen LogP contribution in [0.2, 0.25) is 5.02 Å². The van der Waals surface area contributed by atoms with E-state index < -0.39 is 23.8 Å². The van der Waals surface area contributed by atoms with Gasteiger partial charge in [0.05, 0.1) is 5.56 Å². The van der Waals surface area contributed by atoms with Crippen LogP contribution in [0.25, 0.3) is 0 Å². The number of carbonyl (C=O) groups is 1. The third kappa shape index (κ3) is 6.00. The number of benzene rings is 1. The number of carbonyl (C=O) groups excluding carboxylic acids is 1. The Balaban J connectivity index is 2.00. The van der Waals surface area contributed by atoms with Crippen molar-refractivity contribution in [2.24, 2.45) is 0 Å². The second-order valence-electron chi connectivity index (χ2n) is 5.21. The van der Waals surface area contributed by atoms with Gasteiger partial charge in [-0.3, -0.25) is 0 Å². The molecule has 0 bridgehead atoms. The topological polar surface area (TPSA) is 66.9 Å². The normalized spacial score (nSPS) is 12.4. The number of nitrogens with zero attached hydrogens (tertiary/aromatic N) is 1. The van der Waals surface area contributed by atoms with Crippen LogP contribution in [0.3, 0.4) is 0 Å². The summed E-state index contributed by atoms with van der Waals surface area (Å²) in [6.07, 6.45) is -4.78. The van der Waals surface area contributed by atoms with E-state index in [9.17, 15) is 18.0 Å². The van der Waals surface area contributed by atoms with Gasteiger partial charge < -0.3 is 18.9 Å². The largest absolute Gasteiger partial charge is 0.479 e. The lowest BCUT2D eigenvalue weighted by Crippen LogP contribution is -2.26. The Hall–Kier alpha value is -2.52. The van der Waals surface area contributed by atoms with Gasteiger partial charge in [0.25, 0.3) is 0 Å². The zero-order valence-electron chi connectivity index (χ0n) is 14.2. The zero-order chi connectivity index (χ0) is 20.0. The summed E-state index contributed by atoms with van der Waals surface area (Å²) in [6.45, 7) is 1.33. The molecular formula is C17H15ClF3NO5. The molecule has 2 rings (SSSR count). The van der Waals surface area contributed by atoms with Crippen LogP contribution < -0.4 is 9.47 Å². The highest BCUT2D eigenvalue weighted by molar-refractivity contribution is 6.31. The van der Waals surface area contributed by atoms with E-state index in [1.54, 1.807) is 0 Å². The van der Waals surface area contributed by atoms with Crippen LogP contribution in [-0.2, 0) is 20.4 Å². The molecule has 1 aromatic heterocycles. The Morgan fingerprint density at radius 2 is 1.85 bits per heavy atom. The highest BCUT2D eigenvalue weighted by atomic mass is 35.5. The van der Waals surface area contributed by atoms with Gasteiger partial charge in [-0.2, -0.15) is 13.2 Å². The number of halogens is 4. The molecule has 1 heterocycles. The molecule has 0 N–H and O–H groups in total. The Labute approximate surface area is 157 Å². The maximum absolute atomic E-state index is 12.6. The molecule has 10 heteroatoms. The summed E-state index contributed by atoms with van der Waals surface area (Å²) < 4.78 is 58.0. The van der Waals surface area contributed by atoms with Crippen LogP contribution in [0, 0.1) is 0 Å². The average molecular weight is 406 g/mol. The molecule has 0 spiro atoms. The molecule has 6 nitrogen and oxygen atoms in total. The maximum atomic E-state index is 12.6. The first kappa shape index (κ1) is 20.8. The summed E-state index contributed by atoms with van der Waals surface area (Å²) in [4.78, 5) is 15.2. The zero-order valence-corrected chi connectivity index (χ0v) is 15.0. The molecule has 0 saturated carbocycles. The Bertz CT molecular complexity index is 783. The summed E-state index contributed by atoms with van der Waals surface area (Å²) in [5.74, 6) is -0.144. The highest BCUT2D eigenvalue weighted by Crippen LogP contribution is 2.34. The second kappa shape index (κ2) is 8.92. The lowest BCUT2D eigenvalue weighted by Gasteiger charge is -2.14. The van der Waals surface area contributed by atoms with Crippen molar-refractivity contribution in [3.05, 3.63) is 47.1 Å². The smallest absolute Gasteiger partial charge is 0.417 e. The standard InChI is InChI=1S/C17H15ClF3NO5/c1-10(16(23)25-9-24-2)26-12-3-5-13(6-4-12)27-15-14(18)7-11(8-22-15)17(19,20)21/h3-8,10H,9H2,1-2H3. The van der Waals surface area contributed by atoms with Crippen LogP contribution in [-0.4, -0.2) is 31.0 Å². The number of esters is 1. The third-order valence-electron chi connectivity index (χ3n) is 3.14. The first-order valence-corrected chi connectivity index (χ1v) is 7.91. The van der Waals surface area contributed by atoms with Crippen molar-refractivity contribution in [1.82, 2.24) is 4.98 Å². The van der Waals surface area contributed by atoms with E-state index >= 15 is 0 Å². The Kier molecular flexibility index (Phi) is 6.86. The van der Waals surface area contributed by atoms with Crippen molar-refractivity contribution in [2.75, 3.05) is 13.9 Å². The van der Waals surface area contributed by atoms with Crippen molar-refractivity contribution < 1.29 is 36.9 Å². The van der Waals surface area contributed by atoms with E-state index in [2.05, 4.69) is 9.72 Å². The monoisotopic (exact) mass is 405 g/mol. The fraction of sp³-hybridized carbons (Fsp3) is 0.294. The SMILES string of the molecule is COCOC(=O)C(C)Oc1ccc(Oc2ncc(C(F)(F)F)cc2Cl)cc1. The first-order chi connectivity index (χ1) is 12.7. The molecule has 0 aliphatic rings. The van der Waals surface area contributed by atoms with E-state index in [4.69, 9.17) is 25.8 Å². The third-order valence-corrected chi connectivity index (χ3v) is 3.41. The Morgan fingerprint density at radius 3 is 2.41 bits per heavy atom. The minimum absolute atomic E-state index is 0.171. The molecule has 2 aromatic rings. The van der Waals surface area contributed by atoms with Gasteiger partial charge >= 0.3 is 12.1 Å². The molecule has 1 unspecified atom stereocenters. The van der Waals surface area contributed by atoms with E-state index in [1.165, 1.54) is 38.3 Å². The molecule has 0 fully saturated rings. The quantitative estimate of drug-likeness (QED) is 0.500. The number of alkyl halides is 3. The number of hydrogen-bond donors (Lipinski definition) is 0. The molecule has 1 atom stereocenters. The van der Waals surface area contributed by atoms with E-state index in [0.29, 0.717) is 11.9 Å². The van der Waals surface area contributed by atoms with Gasteiger partial charge in [0.15, 0.2) is 12.9 Å². The van der Waals surface area contributed by atoms with Gasteiger partial charge in [0.2, 0.25) is 5.88 Å². The van der Waals surface area contributed by atoms with Crippen LogP contribution in [0.1, 0.15) is 12.5 Å². The van der Waals surface area contributed by atoms with Gasteiger partial charge in [-0.05, 0) is 37.3 Å². The summed E-state index contributed by atoms with van der Waals surface area (Å²) in [6, 6.07) is 6.71.